The number of thiazole rings is 1. The molecule has 0 saturated carbocycles. The molecule has 0 N–H and O–H groups in total. The van der Waals surface area contributed by atoms with Crippen molar-refractivity contribution >= 4 is 38.8 Å². The van der Waals surface area contributed by atoms with Gasteiger partial charge >= 0.3 is 0 Å². The molecule has 4 nitrogen and oxygen atoms in total. The third-order valence-corrected chi connectivity index (χ3v) is 6.35. The van der Waals surface area contributed by atoms with E-state index in [0.717, 1.165) is 22.3 Å². The molecule has 4 aromatic carbocycles. The maximum atomic E-state index is 13.7. The molecule has 166 valence electrons. The molecule has 0 saturated heterocycles. The van der Waals surface area contributed by atoms with E-state index in [9.17, 15) is 9.18 Å². The lowest BCUT2D eigenvalue weighted by Gasteiger charge is -2.14. The highest BCUT2D eigenvalue weighted by Crippen LogP contribution is 2.31. The smallest absolute Gasteiger partial charge is 0.267 e. The van der Waals surface area contributed by atoms with E-state index >= 15 is 0 Å². The summed E-state index contributed by atoms with van der Waals surface area (Å²) in [6.45, 7) is 2.01. The Bertz CT molecular complexity index is 1480. The standard InChI is InChI=1S/C28H20FN3OS/c1-19-7-9-20(10-8-19)18-30-32(28-31-25-16-15-24(29)17-26(25)34-28)27(33)23-13-11-22(12-14-23)21-5-3-2-4-6-21/h2-18H,1H3/b30-18+. The molecular weight excluding hydrogens is 445 g/mol. The van der Waals surface area contributed by atoms with Crippen molar-refractivity contribution in [3.63, 3.8) is 0 Å². The number of aromatic nitrogens is 1. The average Bonchev–Trinajstić information content (AvgIpc) is 3.28. The van der Waals surface area contributed by atoms with Crippen LogP contribution < -0.4 is 5.01 Å². The summed E-state index contributed by atoms with van der Waals surface area (Å²) in [4.78, 5) is 18.1. The molecule has 5 aromatic rings. The average molecular weight is 466 g/mol. The van der Waals surface area contributed by atoms with Crippen LogP contribution in [-0.2, 0) is 0 Å². The molecule has 1 heterocycles. The van der Waals surface area contributed by atoms with E-state index in [-0.39, 0.29) is 11.7 Å². The second kappa shape index (κ2) is 9.37. The van der Waals surface area contributed by atoms with Crippen LogP contribution in [0.15, 0.2) is 102 Å². The van der Waals surface area contributed by atoms with Gasteiger partial charge in [0.2, 0.25) is 5.13 Å². The van der Waals surface area contributed by atoms with Gasteiger partial charge in [-0.05, 0) is 53.9 Å². The fraction of sp³-hybridized carbons (Fsp3) is 0.0357. The fourth-order valence-corrected chi connectivity index (χ4v) is 4.45. The van der Waals surface area contributed by atoms with Crippen molar-refractivity contribution in [2.24, 2.45) is 5.10 Å². The van der Waals surface area contributed by atoms with Crippen molar-refractivity contribution in [1.82, 2.24) is 4.98 Å². The van der Waals surface area contributed by atoms with Crippen molar-refractivity contribution in [2.45, 2.75) is 6.92 Å². The first-order valence-electron chi connectivity index (χ1n) is 10.7. The summed E-state index contributed by atoms with van der Waals surface area (Å²) < 4.78 is 14.4. The number of hydrogen-bond acceptors (Lipinski definition) is 4. The lowest BCUT2D eigenvalue weighted by molar-refractivity contribution is 0.0988. The molecule has 1 aromatic heterocycles. The van der Waals surface area contributed by atoms with Crippen LogP contribution in [0.4, 0.5) is 9.52 Å². The monoisotopic (exact) mass is 465 g/mol. The van der Waals surface area contributed by atoms with Gasteiger partial charge in [-0.15, -0.1) is 0 Å². The van der Waals surface area contributed by atoms with Gasteiger partial charge in [-0.25, -0.2) is 9.37 Å². The highest BCUT2D eigenvalue weighted by atomic mass is 32.1. The highest BCUT2D eigenvalue weighted by Gasteiger charge is 2.21. The SMILES string of the molecule is Cc1ccc(/C=N/N(C(=O)c2ccc(-c3ccccc3)cc2)c2nc3ccc(F)cc3s2)cc1. The number of anilines is 1. The van der Waals surface area contributed by atoms with Crippen LogP contribution >= 0.6 is 11.3 Å². The molecule has 0 radical (unpaired) electrons. The predicted octanol–water partition coefficient (Wildman–Crippen LogP) is 7.09. The van der Waals surface area contributed by atoms with Gasteiger partial charge in [-0.1, -0.05) is 83.6 Å². The largest absolute Gasteiger partial charge is 0.280 e. The van der Waals surface area contributed by atoms with Gasteiger partial charge < -0.3 is 0 Å². The van der Waals surface area contributed by atoms with Crippen LogP contribution in [0.5, 0.6) is 0 Å². The first kappa shape index (κ1) is 21.7. The molecular formula is C28H20FN3OS. The number of aryl methyl sites for hydroxylation is 1. The molecule has 0 unspecified atom stereocenters. The maximum Gasteiger partial charge on any atom is 0.280 e. The molecule has 6 heteroatoms. The van der Waals surface area contributed by atoms with Crippen LogP contribution in [0.1, 0.15) is 21.5 Å². The summed E-state index contributed by atoms with van der Waals surface area (Å²) in [5.74, 6) is -0.664. The van der Waals surface area contributed by atoms with Gasteiger partial charge in [0, 0.05) is 5.56 Å². The zero-order valence-electron chi connectivity index (χ0n) is 18.4. The second-order valence-electron chi connectivity index (χ2n) is 7.82. The summed E-state index contributed by atoms with van der Waals surface area (Å²) in [5.41, 5.74) is 5.17. The molecule has 34 heavy (non-hydrogen) atoms. The molecule has 0 aliphatic carbocycles. The van der Waals surface area contributed by atoms with Gasteiger partial charge in [-0.3, -0.25) is 4.79 Å². The zero-order chi connectivity index (χ0) is 23.5. The Morgan fingerprint density at radius 3 is 2.35 bits per heavy atom. The Kier molecular flexibility index (Phi) is 5.97. The Hall–Kier alpha value is -4.16. The Balaban J connectivity index is 1.51. The molecule has 0 atom stereocenters. The molecule has 0 aliphatic heterocycles. The normalized spacial score (nSPS) is 11.2. The number of nitrogens with zero attached hydrogens (tertiary/aromatic N) is 3. The predicted molar refractivity (Wildman–Crippen MR) is 137 cm³/mol. The number of halogens is 1. The number of amides is 1. The lowest BCUT2D eigenvalue weighted by Crippen LogP contribution is -2.25. The Labute approximate surface area is 200 Å². The van der Waals surface area contributed by atoms with E-state index in [4.69, 9.17) is 0 Å². The van der Waals surface area contributed by atoms with Crippen LogP contribution in [-0.4, -0.2) is 17.1 Å². The van der Waals surface area contributed by atoms with E-state index in [1.165, 1.54) is 28.5 Å². The van der Waals surface area contributed by atoms with Crippen LogP contribution in [0, 0.1) is 12.7 Å². The van der Waals surface area contributed by atoms with Gasteiger partial charge in [0.25, 0.3) is 5.91 Å². The van der Waals surface area contributed by atoms with E-state index < -0.39 is 0 Å². The van der Waals surface area contributed by atoms with Crippen molar-refractivity contribution in [1.29, 1.82) is 0 Å². The summed E-state index contributed by atoms with van der Waals surface area (Å²) in [6, 6.07) is 29.6. The third kappa shape index (κ3) is 4.63. The minimum absolute atomic E-state index is 0.317. The first-order valence-corrected chi connectivity index (χ1v) is 11.6. The Morgan fingerprint density at radius 2 is 1.62 bits per heavy atom. The minimum Gasteiger partial charge on any atom is -0.267 e. The van der Waals surface area contributed by atoms with Crippen molar-refractivity contribution in [2.75, 3.05) is 5.01 Å². The molecule has 1 amide bonds. The third-order valence-electron chi connectivity index (χ3n) is 5.35. The number of carbonyl (C=O) groups excluding carboxylic acids is 1. The molecule has 0 spiro atoms. The van der Waals surface area contributed by atoms with Gasteiger partial charge in [-0.2, -0.15) is 10.1 Å². The van der Waals surface area contributed by atoms with E-state index in [2.05, 4.69) is 10.1 Å². The molecule has 0 fully saturated rings. The number of benzene rings is 4. The number of rotatable bonds is 5. The number of carbonyl (C=O) groups is 1. The number of hydrogen-bond donors (Lipinski definition) is 0. The summed E-state index contributed by atoms with van der Waals surface area (Å²) in [5, 5.41) is 6.14. The number of hydrazone groups is 1. The maximum absolute atomic E-state index is 13.7. The van der Waals surface area contributed by atoms with Gasteiger partial charge in [0.05, 0.1) is 16.4 Å². The Morgan fingerprint density at radius 1 is 0.912 bits per heavy atom. The van der Waals surface area contributed by atoms with Crippen LogP contribution in [0.25, 0.3) is 21.3 Å². The molecule has 0 bridgehead atoms. The summed E-state index contributed by atoms with van der Waals surface area (Å²) >= 11 is 1.22. The van der Waals surface area contributed by atoms with E-state index in [0.29, 0.717) is 20.9 Å². The summed E-state index contributed by atoms with van der Waals surface area (Å²) in [7, 11) is 0. The summed E-state index contributed by atoms with van der Waals surface area (Å²) in [6.07, 6.45) is 1.63. The minimum atomic E-state index is -0.347. The van der Waals surface area contributed by atoms with Crippen LogP contribution in [0.3, 0.4) is 0 Å². The van der Waals surface area contributed by atoms with E-state index in [1.54, 1.807) is 24.4 Å². The molecule has 5 rings (SSSR count). The topological polar surface area (TPSA) is 45.6 Å². The lowest BCUT2D eigenvalue weighted by atomic mass is 10.0. The second-order valence-corrected chi connectivity index (χ2v) is 8.83. The zero-order valence-corrected chi connectivity index (χ0v) is 19.2. The van der Waals surface area contributed by atoms with Crippen molar-refractivity contribution in [3.05, 3.63) is 120 Å². The van der Waals surface area contributed by atoms with Gasteiger partial charge in [0.15, 0.2) is 0 Å². The quantitative estimate of drug-likeness (QED) is 0.205. The first-order chi connectivity index (χ1) is 16.6. The van der Waals surface area contributed by atoms with Gasteiger partial charge in [0.1, 0.15) is 5.82 Å². The highest BCUT2D eigenvalue weighted by molar-refractivity contribution is 7.22. The van der Waals surface area contributed by atoms with Crippen LogP contribution in [0.2, 0.25) is 0 Å². The number of fused-ring (bicyclic) bond motifs is 1. The van der Waals surface area contributed by atoms with Crippen molar-refractivity contribution in [3.8, 4) is 11.1 Å². The fourth-order valence-electron chi connectivity index (χ4n) is 3.50. The molecule has 0 aliphatic rings. The van der Waals surface area contributed by atoms with Crippen molar-refractivity contribution < 1.29 is 9.18 Å². The van der Waals surface area contributed by atoms with E-state index in [1.807, 2.05) is 73.7 Å².